The van der Waals surface area contributed by atoms with Crippen LogP contribution in [0.1, 0.15) is 0 Å². The van der Waals surface area contributed by atoms with E-state index in [0.29, 0.717) is 10.9 Å². The van der Waals surface area contributed by atoms with Gasteiger partial charge in [-0.05, 0) is 37.9 Å². The van der Waals surface area contributed by atoms with Crippen molar-refractivity contribution < 1.29 is 70.8 Å². The first-order valence-corrected chi connectivity index (χ1v) is 18.0. The summed E-state index contributed by atoms with van der Waals surface area (Å²) in [7, 11) is 0. The van der Waals surface area contributed by atoms with Crippen LogP contribution in [0.2, 0.25) is 0 Å². The Kier molecular flexibility index (Phi) is 7.19. The third-order valence-corrected chi connectivity index (χ3v) is 11.3. The Morgan fingerprint density at radius 2 is 0.650 bits per heavy atom. The Morgan fingerprint density at radius 1 is 0.250 bits per heavy atom. The number of aromatic hydroxyl groups is 13. The molecule has 9 aromatic carbocycles. The minimum absolute atomic E-state index is 0.0651. The Hall–Kier alpha value is -8.78. The zero-order valence-electron chi connectivity index (χ0n) is 30.4. The summed E-state index contributed by atoms with van der Waals surface area (Å²) in [6.07, 6.45) is 0. The highest BCUT2D eigenvalue weighted by molar-refractivity contribution is 6.28. The molecule has 0 saturated heterocycles. The minimum Gasteiger partial charge on any atom is -0.506 e. The summed E-state index contributed by atoms with van der Waals surface area (Å²) in [6.45, 7) is 0. The van der Waals surface area contributed by atoms with Gasteiger partial charge in [-0.15, -0.1) is 0 Å². The maximum Gasteiger partial charge on any atom is 0.205 e. The second-order valence-corrected chi connectivity index (χ2v) is 14.3. The summed E-state index contributed by atoms with van der Waals surface area (Å²) in [5, 5.41) is 147. The summed E-state index contributed by atoms with van der Waals surface area (Å²) in [4.78, 5) is 0. The van der Waals surface area contributed by atoms with Crippen LogP contribution in [0.5, 0.6) is 74.7 Å². The standard InChI is InChI=1S/C46H28O14/c47-32-25(18-15-7-9-16-8-1-2-10-17(16)18)35(50)41(56)36(51)26(32)23-19-11-3-5-13-21(19)24(22-14-6-4-12-20(22)23)27-33(48)31-30-34(49)28-29(38(53)43(58)42(57)37(28)52)40(55)45(30)60-46(31)44(59)39(27)54/h1-15,47-59H. The molecule has 0 bridgehead atoms. The van der Waals surface area contributed by atoms with Crippen LogP contribution in [-0.2, 0) is 0 Å². The molecule has 1 heterocycles. The Bertz CT molecular complexity index is 3520. The highest BCUT2D eigenvalue weighted by Gasteiger charge is 2.35. The summed E-state index contributed by atoms with van der Waals surface area (Å²) in [6, 6.07) is 25.2. The highest BCUT2D eigenvalue weighted by atomic mass is 16.4. The van der Waals surface area contributed by atoms with Gasteiger partial charge in [-0.2, -0.15) is 0 Å². The lowest BCUT2D eigenvalue weighted by Gasteiger charge is -2.22. The van der Waals surface area contributed by atoms with Gasteiger partial charge in [0.1, 0.15) is 17.2 Å². The average molecular weight is 805 g/mol. The lowest BCUT2D eigenvalue weighted by atomic mass is 9.83. The van der Waals surface area contributed by atoms with E-state index >= 15 is 0 Å². The summed E-state index contributed by atoms with van der Waals surface area (Å²) in [5.74, 6) is -12.6. The lowest BCUT2D eigenvalue weighted by Crippen LogP contribution is -1.94. The van der Waals surface area contributed by atoms with Crippen LogP contribution < -0.4 is 0 Å². The van der Waals surface area contributed by atoms with Crippen molar-refractivity contribution in [2.24, 2.45) is 0 Å². The summed E-state index contributed by atoms with van der Waals surface area (Å²) in [5.41, 5.74) is -1.64. The van der Waals surface area contributed by atoms with Gasteiger partial charge < -0.3 is 70.8 Å². The van der Waals surface area contributed by atoms with Crippen LogP contribution >= 0.6 is 0 Å². The zero-order valence-corrected chi connectivity index (χ0v) is 30.4. The molecule has 0 aliphatic rings. The molecule has 0 radical (unpaired) electrons. The topological polar surface area (TPSA) is 276 Å². The van der Waals surface area contributed by atoms with E-state index in [1.165, 1.54) is 0 Å². The smallest absolute Gasteiger partial charge is 0.205 e. The molecule has 10 aromatic rings. The highest BCUT2D eigenvalue weighted by Crippen LogP contribution is 2.63. The monoisotopic (exact) mass is 804 g/mol. The molecule has 0 atom stereocenters. The molecule has 0 spiro atoms. The van der Waals surface area contributed by atoms with E-state index < -0.39 is 113 Å². The molecule has 13 N–H and O–H groups in total. The molecule has 0 fully saturated rings. The summed E-state index contributed by atoms with van der Waals surface area (Å²) < 4.78 is 5.68. The predicted molar refractivity (Wildman–Crippen MR) is 222 cm³/mol. The largest absolute Gasteiger partial charge is 0.506 e. The molecule has 0 amide bonds. The van der Waals surface area contributed by atoms with Crippen LogP contribution in [0, 0.1) is 0 Å². The van der Waals surface area contributed by atoms with Crippen LogP contribution in [0.15, 0.2) is 95.4 Å². The van der Waals surface area contributed by atoms with E-state index in [1.807, 2.05) is 18.2 Å². The fourth-order valence-electron chi connectivity index (χ4n) is 8.61. The van der Waals surface area contributed by atoms with Crippen molar-refractivity contribution in [1.82, 2.24) is 0 Å². The molecule has 0 unspecified atom stereocenters. The SMILES string of the molecule is Oc1c(O)c(-c2cccc3ccccc23)c(O)c(-c2c3ccccc3c(-c3c(O)c(O)c4oc5c(O)c6c(O)c(O)c(O)c(O)c6c(O)c5c4c3O)c3ccccc23)c1O. The van der Waals surface area contributed by atoms with Crippen LogP contribution in [0.3, 0.4) is 0 Å². The number of phenols is 13. The fraction of sp³-hybridized carbons (Fsp3) is 0. The van der Waals surface area contributed by atoms with Crippen molar-refractivity contribution in [3.05, 3.63) is 91.0 Å². The first kappa shape index (κ1) is 35.6. The lowest BCUT2D eigenvalue weighted by molar-refractivity contribution is 0.349. The molecule has 10 rings (SSSR count). The molecule has 0 saturated carbocycles. The van der Waals surface area contributed by atoms with E-state index in [9.17, 15) is 66.4 Å². The first-order valence-electron chi connectivity index (χ1n) is 18.0. The number of benzene rings is 9. The van der Waals surface area contributed by atoms with Crippen molar-refractivity contribution >= 4 is 65.0 Å². The van der Waals surface area contributed by atoms with Crippen molar-refractivity contribution in [2.75, 3.05) is 0 Å². The zero-order chi connectivity index (χ0) is 42.2. The second kappa shape index (κ2) is 12.1. The second-order valence-electron chi connectivity index (χ2n) is 14.3. The van der Waals surface area contributed by atoms with Gasteiger partial charge in [0.25, 0.3) is 0 Å². The maximum absolute atomic E-state index is 12.2. The van der Waals surface area contributed by atoms with Gasteiger partial charge in [0.05, 0.1) is 38.2 Å². The van der Waals surface area contributed by atoms with E-state index in [1.54, 1.807) is 72.8 Å². The van der Waals surface area contributed by atoms with Crippen molar-refractivity contribution in [1.29, 1.82) is 0 Å². The fourth-order valence-corrected chi connectivity index (χ4v) is 8.61. The molecule has 0 aliphatic heterocycles. The number of furan rings is 1. The first-order chi connectivity index (χ1) is 28.8. The van der Waals surface area contributed by atoms with E-state index in [2.05, 4.69) is 0 Å². The number of hydrogen-bond donors (Lipinski definition) is 13. The van der Waals surface area contributed by atoms with Gasteiger partial charge in [-0.3, -0.25) is 0 Å². The van der Waals surface area contributed by atoms with Gasteiger partial charge >= 0.3 is 0 Å². The Balaban J connectivity index is 1.35. The third kappa shape index (κ3) is 4.35. The van der Waals surface area contributed by atoms with Gasteiger partial charge in [0, 0.05) is 11.1 Å². The number of phenolic OH excluding ortho intramolecular Hbond substituents is 13. The van der Waals surface area contributed by atoms with E-state index in [-0.39, 0.29) is 43.8 Å². The molecule has 296 valence electrons. The van der Waals surface area contributed by atoms with Crippen molar-refractivity contribution in [3.8, 4) is 108 Å². The van der Waals surface area contributed by atoms with E-state index in [4.69, 9.17) is 4.42 Å². The Labute approximate surface area is 334 Å². The van der Waals surface area contributed by atoms with Crippen LogP contribution in [0.25, 0.3) is 98.4 Å². The van der Waals surface area contributed by atoms with Crippen LogP contribution in [0.4, 0.5) is 0 Å². The van der Waals surface area contributed by atoms with Gasteiger partial charge in [0.2, 0.25) is 23.0 Å². The van der Waals surface area contributed by atoms with Gasteiger partial charge in [0.15, 0.2) is 45.7 Å². The molecule has 60 heavy (non-hydrogen) atoms. The Morgan fingerprint density at radius 3 is 1.22 bits per heavy atom. The number of hydrogen-bond acceptors (Lipinski definition) is 14. The number of rotatable bonds is 3. The molecule has 14 heteroatoms. The van der Waals surface area contributed by atoms with Crippen LogP contribution in [-0.4, -0.2) is 66.4 Å². The van der Waals surface area contributed by atoms with Gasteiger partial charge in [-0.1, -0.05) is 91.0 Å². The quantitative estimate of drug-likeness (QED) is 0.0450. The minimum atomic E-state index is -1.24. The molecule has 0 aliphatic carbocycles. The van der Waals surface area contributed by atoms with Crippen molar-refractivity contribution in [2.45, 2.75) is 0 Å². The average Bonchev–Trinajstić information content (AvgIpc) is 3.67. The molecule has 14 nitrogen and oxygen atoms in total. The van der Waals surface area contributed by atoms with Gasteiger partial charge in [-0.25, -0.2) is 0 Å². The normalized spacial score (nSPS) is 11.9. The predicted octanol–water partition coefficient (Wildman–Crippen LogP) is 9.37. The molecule has 1 aromatic heterocycles. The maximum atomic E-state index is 12.2. The molecular formula is C46H28O14. The molecular weight excluding hydrogens is 776 g/mol. The van der Waals surface area contributed by atoms with E-state index in [0.717, 1.165) is 5.39 Å². The number of fused-ring (bicyclic) bond motifs is 7. The third-order valence-electron chi connectivity index (χ3n) is 11.3. The summed E-state index contributed by atoms with van der Waals surface area (Å²) >= 11 is 0. The van der Waals surface area contributed by atoms with Crippen molar-refractivity contribution in [3.63, 3.8) is 0 Å².